The first-order valence-corrected chi connectivity index (χ1v) is 4.51. The molecule has 0 unspecified atom stereocenters. The minimum Gasteiger partial charge on any atom is -0.472 e. The predicted octanol–water partition coefficient (Wildman–Crippen LogP) is 1.53. The van der Waals surface area contributed by atoms with Crippen molar-refractivity contribution in [3.05, 3.63) is 24.2 Å². The van der Waals surface area contributed by atoms with Gasteiger partial charge >= 0.3 is 0 Å². The summed E-state index contributed by atoms with van der Waals surface area (Å²) >= 11 is 0. The molecule has 0 saturated heterocycles. The van der Waals surface area contributed by atoms with Gasteiger partial charge in [-0.15, -0.1) is 0 Å². The van der Waals surface area contributed by atoms with E-state index < -0.39 is 0 Å². The zero-order valence-corrected chi connectivity index (χ0v) is 8.21. The van der Waals surface area contributed by atoms with E-state index >= 15 is 0 Å². The Balaban J connectivity index is 2.33. The third-order valence-electron chi connectivity index (χ3n) is 2.09. The first kappa shape index (κ1) is 10.3. The van der Waals surface area contributed by atoms with Gasteiger partial charge in [-0.05, 0) is 26.3 Å². The molecule has 1 rings (SSSR count). The lowest BCUT2D eigenvalue weighted by atomic mass is 10.0. The maximum atomic E-state index is 8.80. The predicted molar refractivity (Wildman–Crippen MR) is 51.3 cm³/mol. The van der Waals surface area contributed by atoms with E-state index in [0.717, 1.165) is 18.5 Å². The Morgan fingerprint density at radius 2 is 2.31 bits per heavy atom. The van der Waals surface area contributed by atoms with Crippen molar-refractivity contribution in [3.63, 3.8) is 0 Å². The van der Waals surface area contributed by atoms with Crippen LogP contribution in [0.1, 0.15) is 25.8 Å². The molecule has 1 aromatic heterocycles. The van der Waals surface area contributed by atoms with Gasteiger partial charge in [0.2, 0.25) is 0 Å². The number of rotatable bonds is 5. The summed E-state index contributed by atoms with van der Waals surface area (Å²) in [6, 6.07) is 1.93. The quantitative estimate of drug-likeness (QED) is 0.727. The molecule has 0 amide bonds. The van der Waals surface area contributed by atoms with Crippen LogP contribution in [0.2, 0.25) is 0 Å². The Bertz CT molecular complexity index is 229. The van der Waals surface area contributed by atoms with Crippen molar-refractivity contribution < 1.29 is 9.52 Å². The summed E-state index contributed by atoms with van der Waals surface area (Å²) in [6.45, 7) is 5.14. The van der Waals surface area contributed by atoms with Gasteiger partial charge in [0.25, 0.3) is 0 Å². The highest BCUT2D eigenvalue weighted by Gasteiger charge is 2.15. The standard InChI is InChI=1S/C10H17NO2/c1-10(2,4-5-12)11-7-9-3-6-13-8-9/h3,6,8,11-12H,4-5,7H2,1-2H3. The van der Waals surface area contributed by atoms with Gasteiger partial charge < -0.3 is 14.8 Å². The number of aliphatic hydroxyl groups excluding tert-OH is 1. The fourth-order valence-corrected chi connectivity index (χ4v) is 1.10. The van der Waals surface area contributed by atoms with E-state index in [2.05, 4.69) is 19.2 Å². The second-order valence-electron chi connectivity index (χ2n) is 3.84. The lowest BCUT2D eigenvalue weighted by Gasteiger charge is -2.25. The van der Waals surface area contributed by atoms with E-state index in [9.17, 15) is 0 Å². The number of hydrogen-bond donors (Lipinski definition) is 2. The molecule has 13 heavy (non-hydrogen) atoms. The third kappa shape index (κ3) is 3.61. The summed E-state index contributed by atoms with van der Waals surface area (Å²) in [7, 11) is 0. The van der Waals surface area contributed by atoms with Gasteiger partial charge in [-0.3, -0.25) is 0 Å². The molecule has 2 N–H and O–H groups in total. The largest absolute Gasteiger partial charge is 0.472 e. The Morgan fingerprint density at radius 3 is 2.85 bits per heavy atom. The molecule has 74 valence electrons. The van der Waals surface area contributed by atoms with Gasteiger partial charge in [-0.1, -0.05) is 0 Å². The van der Waals surface area contributed by atoms with Gasteiger partial charge in [0.05, 0.1) is 12.5 Å². The summed E-state index contributed by atoms with van der Waals surface area (Å²) in [4.78, 5) is 0. The van der Waals surface area contributed by atoms with E-state index in [1.807, 2.05) is 6.07 Å². The molecule has 3 nitrogen and oxygen atoms in total. The van der Waals surface area contributed by atoms with Crippen LogP contribution < -0.4 is 5.32 Å². The first-order valence-electron chi connectivity index (χ1n) is 4.51. The lowest BCUT2D eigenvalue weighted by Crippen LogP contribution is -2.39. The molecule has 3 heteroatoms. The number of furan rings is 1. The van der Waals surface area contributed by atoms with Crippen LogP contribution in [0.3, 0.4) is 0 Å². The van der Waals surface area contributed by atoms with Crippen molar-refractivity contribution in [1.82, 2.24) is 5.32 Å². The van der Waals surface area contributed by atoms with Gasteiger partial charge in [0.1, 0.15) is 0 Å². The summed E-state index contributed by atoms with van der Waals surface area (Å²) in [6.07, 6.45) is 4.14. The molecule has 0 atom stereocenters. The van der Waals surface area contributed by atoms with Crippen LogP contribution in [0.15, 0.2) is 23.0 Å². The van der Waals surface area contributed by atoms with Gasteiger partial charge in [-0.25, -0.2) is 0 Å². The Kier molecular flexibility index (Phi) is 3.51. The van der Waals surface area contributed by atoms with Crippen LogP contribution in [-0.2, 0) is 6.54 Å². The molecule has 0 spiro atoms. The maximum Gasteiger partial charge on any atom is 0.0947 e. The van der Waals surface area contributed by atoms with Crippen molar-refractivity contribution in [2.45, 2.75) is 32.4 Å². The molecule has 0 aromatic carbocycles. The molecular formula is C10H17NO2. The molecule has 0 aliphatic carbocycles. The Morgan fingerprint density at radius 1 is 1.54 bits per heavy atom. The SMILES string of the molecule is CC(C)(CCO)NCc1ccoc1. The molecule has 0 aliphatic heterocycles. The maximum absolute atomic E-state index is 8.80. The van der Waals surface area contributed by atoms with E-state index in [1.165, 1.54) is 0 Å². The molecule has 0 bridgehead atoms. The molecule has 0 radical (unpaired) electrons. The normalized spacial score (nSPS) is 11.9. The second kappa shape index (κ2) is 4.44. The average Bonchev–Trinajstić information content (AvgIpc) is 2.52. The van der Waals surface area contributed by atoms with Crippen molar-refractivity contribution >= 4 is 0 Å². The zero-order valence-electron chi connectivity index (χ0n) is 8.21. The van der Waals surface area contributed by atoms with Crippen molar-refractivity contribution in [2.75, 3.05) is 6.61 Å². The van der Waals surface area contributed by atoms with E-state index in [4.69, 9.17) is 9.52 Å². The van der Waals surface area contributed by atoms with Crippen LogP contribution in [0, 0.1) is 0 Å². The fraction of sp³-hybridized carbons (Fsp3) is 0.600. The van der Waals surface area contributed by atoms with Crippen LogP contribution in [0.5, 0.6) is 0 Å². The molecule has 1 aromatic rings. The fourth-order valence-electron chi connectivity index (χ4n) is 1.10. The summed E-state index contributed by atoms with van der Waals surface area (Å²) in [5.74, 6) is 0. The number of aliphatic hydroxyl groups is 1. The molecule has 0 aliphatic rings. The van der Waals surface area contributed by atoms with Crippen LogP contribution in [0.25, 0.3) is 0 Å². The van der Waals surface area contributed by atoms with Crippen molar-refractivity contribution in [2.24, 2.45) is 0 Å². The number of nitrogens with one attached hydrogen (secondary N) is 1. The zero-order chi connectivity index (χ0) is 9.73. The Hall–Kier alpha value is -0.800. The van der Waals surface area contributed by atoms with Crippen LogP contribution in [0.4, 0.5) is 0 Å². The molecular weight excluding hydrogens is 166 g/mol. The molecule has 0 fully saturated rings. The van der Waals surface area contributed by atoms with Crippen LogP contribution >= 0.6 is 0 Å². The highest BCUT2D eigenvalue weighted by molar-refractivity contribution is 5.05. The smallest absolute Gasteiger partial charge is 0.0947 e. The minimum atomic E-state index is -0.0218. The summed E-state index contributed by atoms with van der Waals surface area (Å²) < 4.78 is 4.95. The lowest BCUT2D eigenvalue weighted by molar-refractivity contribution is 0.230. The van der Waals surface area contributed by atoms with E-state index in [-0.39, 0.29) is 12.1 Å². The number of hydrogen-bond acceptors (Lipinski definition) is 3. The van der Waals surface area contributed by atoms with E-state index in [1.54, 1.807) is 12.5 Å². The third-order valence-corrected chi connectivity index (χ3v) is 2.09. The first-order chi connectivity index (χ1) is 6.14. The van der Waals surface area contributed by atoms with Crippen molar-refractivity contribution in [3.8, 4) is 0 Å². The van der Waals surface area contributed by atoms with Gasteiger partial charge in [0.15, 0.2) is 0 Å². The topological polar surface area (TPSA) is 45.4 Å². The molecule has 0 saturated carbocycles. The Labute approximate surface area is 78.8 Å². The van der Waals surface area contributed by atoms with Crippen molar-refractivity contribution in [1.29, 1.82) is 0 Å². The summed E-state index contributed by atoms with van der Waals surface area (Å²) in [5.41, 5.74) is 1.11. The van der Waals surface area contributed by atoms with Crippen LogP contribution in [-0.4, -0.2) is 17.3 Å². The van der Waals surface area contributed by atoms with Gasteiger partial charge in [-0.2, -0.15) is 0 Å². The van der Waals surface area contributed by atoms with E-state index in [0.29, 0.717) is 0 Å². The highest BCUT2D eigenvalue weighted by atomic mass is 16.3. The average molecular weight is 183 g/mol. The minimum absolute atomic E-state index is 0.0218. The second-order valence-corrected chi connectivity index (χ2v) is 3.84. The monoisotopic (exact) mass is 183 g/mol. The highest BCUT2D eigenvalue weighted by Crippen LogP contribution is 2.09. The molecule has 1 heterocycles. The summed E-state index contributed by atoms with van der Waals surface area (Å²) in [5, 5.41) is 12.1. The van der Waals surface area contributed by atoms with Gasteiger partial charge in [0, 0.05) is 24.3 Å².